The van der Waals surface area contributed by atoms with Crippen molar-refractivity contribution in [3.63, 3.8) is 0 Å². The van der Waals surface area contributed by atoms with Gasteiger partial charge in [0.1, 0.15) is 5.75 Å². The summed E-state index contributed by atoms with van der Waals surface area (Å²) in [5.41, 5.74) is 0.593. The minimum Gasteiger partial charge on any atom is -0.496 e. The van der Waals surface area contributed by atoms with Gasteiger partial charge in [0, 0.05) is 17.6 Å². The molecule has 3 nitrogen and oxygen atoms in total. The summed E-state index contributed by atoms with van der Waals surface area (Å²) in [6.45, 7) is 6.26. The molecule has 0 aromatic heterocycles. The van der Waals surface area contributed by atoms with Crippen molar-refractivity contribution < 1.29 is 9.53 Å². The van der Waals surface area contributed by atoms with Crippen molar-refractivity contribution >= 4 is 21.8 Å². The summed E-state index contributed by atoms with van der Waals surface area (Å²) in [6.07, 6.45) is 0. The van der Waals surface area contributed by atoms with E-state index in [1.165, 1.54) is 0 Å². The molecule has 0 bridgehead atoms. The standard InChI is InChI=1S/C14H20BrNO2/c1-9(2)10(3)16(4)14(17)12-7-6-11(15)8-13(12)18-5/h6-10H,1-5H3. The van der Waals surface area contributed by atoms with E-state index >= 15 is 0 Å². The zero-order chi connectivity index (χ0) is 13.9. The molecule has 0 aliphatic heterocycles. The summed E-state index contributed by atoms with van der Waals surface area (Å²) in [4.78, 5) is 14.2. The molecule has 1 aromatic rings. The normalized spacial score (nSPS) is 12.4. The van der Waals surface area contributed by atoms with Crippen LogP contribution in [0, 0.1) is 5.92 Å². The summed E-state index contributed by atoms with van der Waals surface area (Å²) in [7, 11) is 3.40. The Morgan fingerprint density at radius 3 is 2.44 bits per heavy atom. The van der Waals surface area contributed by atoms with Gasteiger partial charge in [-0.3, -0.25) is 4.79 Å². The number of hydrogen-bond acceptors (Lipinski definition) is 2. The van der Waals surface area contributed by atoms with Gasteiger partial charge in [-0.2, -0.15) is 0 Å². The van der Waals surface area contributed by atoms with Crippen LogP contribution in [0.3, 0.4) is 0 Å². The number of methoxy groups -OCH3 is 1. The number of carbonyl (C=O) groups is 1. The fourth-order valence-corrected chi connectivity index (χ4v) is 2.00. The highest BCUT2D eigenvalue weighted by molar-refractivity contribution is 9.10. The lowest BCUT2D eigenvalue weighted by molar-refractivity contribution is 0.0703. The van der Waals surface area contributed by atoms with Gasteiger partial charge >= 0.3 is 0 Å². The van der Waals surface area contributed by atoms with Gasteiger partial charge in [-0.1, -0.05) is 29.8 Å². The Morgan fingerprint density at radius 1 is 1.33 bits per heavy atom. The largest absolute Gasteiger partial charge is 0.496 e. The molecule has 0 aliphatic rings. The highest BCUT2D eigenvalue weighted by Crippen LogP contribution is 2.25. The molecule has 1 unspecified atom stereocenters. The highest BCUT2D eigenvalue weighted by atomic mass is 79.9. The number of carbonyl (C=O) groups excluding carboxylic acids is 1. The molecule has 100 valence electrons. The Balaban J connectivity index is 3.03. The molecule has 0 saturated heterocycles. The summed E-state index contributed by atoms with van der Waals surface area (Å²) >= 11 is 3.37. The van der Waals surface area contributed by atoms with Crippen LogP contribution in [0.1, 0.15) is 31.1 Å². The van der Waals surface area contributed by atoms with Crippen LogP contribution in [0.2, 0.25) is 0 Å². The summed E-state index contributed by atoms with van der Waals surface area (Å²) in [5, 5.41) is 0. The molecule has 0 heterocycles. The van der Waals surface area contributed by atoms with Gasteiger partial charge in [0.2, 0.25) is 0 Å². The van der Waals surface area contributed by atoms with Crippen molar-refractivity contribution in [3.8, 4) is 5.75 Å². The predicted octanol–water partition coefficient (Wildman–Crippen LogP) is 3.57. The first-order valence-corrected chi connectivity index (χ1v) is 6.78. The van der Waals surface area contributed by atoms with Crippen LogP contribution in [0.15, 0.2) is 22.7 Å². The van der Waals surface area contributed by atoms with Crippen molar-refractivity contribution in [2.45, 2.75) is 26.8 Å². The quantitative estimate of drug-likeness (QED) is 0.850. The van der Waals surface area contributed by atoms with Crippen LogP contribution in [-0.2, 0) is 0 Å². The van der Waals surface area contributed by atoms with E-state index in [4.69, 9.17) is 4.74 Å². The van der Waals surface area contributed by atoms with Crippen molar-refractivity contribution in [2.24, 2.45) is 5.92 Å². The van der Waals surface area contributed by atoms with E-state index in [-0.39, 0.29) is 11.9 Å². The van der Waals surface area contributed by atoms with Gasteiger partial charge in [0.15, 0.2) is 0 Å². The van der Waals surface area contributed by atoms with Crippen LogP contribution in [0.4, 0.5) is 0 Å². The second-order valence-electron chi connectivity index (χ2n) is 4.75. The smallest absolute Gasteiger partial charge is 0.257 e. The van der Waals surface area contributed by atoms with Gasteiger partial charge in [0.05, 0.1) is 12.7 Å². The Morgan fingerprint density at radius 2 is 1.94 bits per heavy atom. The van der Waals surface area contributed by atoms with Crippen LogP contribution in [-0.4, -0.2) is 31.0 Å². The monoisotopic (exact) mass is 313 g/mol. The number of benzene rings is 1. The van der Waals surface area contributed by atoms with E-state index in [0.717, 1.165) is 4.47 Å². The molecule has 0 aliphatic carbocycles. The molecule has 1 aromatic carbocycles. The number of ether oxygens (including phenoxy) is 1. The predicted molar refractivity (Wildman–Crippen MR) is 77.1 cm³/mol. The van der Waals surface area contributed by atoms with E-state index in [1.807, 2.05) is 20.0 Å². The molecule has 0 radical (unpaired) electrons. The van der Waals surface area contributed by atoms with Crippen molar-refractivity contribution in [3.05, 3.63) is 28.2 Å². The molecule has 0 saturated carbocycles. The van der Waals surface area contributed by atoms with Crippen LogP contribution >= 0.6 is 15.9 Å². The average Bonchev–Trinajstić information content (AvgIpc) is 2.35. The third kappa shape index (κ3) is 3.25. The number of hydrogen-bond donors (Lipinski definition) is 0. The molecule has 1 amide bonds. The summed E-state index contributed by atoms with van der Waals surface area (Å²) < 4.78 is 6.16. The molecular formula is C14H20BrNO2. The maximum absolute atomic E-state index is 12.4. The highest BCUT2D eigenvalue weighted by Gasteiger charge is 2.22. The lowest BCUT2D eigenvalue weighted by Gasteiger charge is -2.28. The molecule has 0 N–H and O–H groups in total. The van der Waals surface area contributed by atoms with Crippen molar-refractivity contribution in [2.75, 3.05) is 14.2 Å². The minimum atomic E-state index is -0.0134. The van der Waals surface area contributed by atoms with Gasteiger partial charge in [0.25, 0.3) is 5.91 Å². The molecule has 1 rings (SSSR count). The Hall–Kier alpha value is -1.03. The zero-order valence-electron chi connectivity index (χ0n) is 11.5. The molecule has 1 atom stereocenters. The van der Waals surface area contributed by atoms with E-state index in [1.54, 1.807) is 24.1 Å². The van der Waals surface area contributed by atoms with Crippen LogP contribution in [0.5, 0.6) is 5.75 Å². The van der Waals surface area contributed by atoms with E-state index in [2.05, 4.69) is 29.8 Å². The van der Waals surface area contributed by atoms with E-state index in [0.29, 0.717) is 17.2 Å². The van der Waals surface area contributed by atoms with E-state index in [9.17, 15) is 4.79 Å². The minimum absolute atomic E-state index is 0.0134. The second-order valence-corrected chi connectivity index (χ2v) is 5.66. The first kappa shape index (κ1) is 15.0. The van der Waals surface area contributed by atoms with Crippen LogP contribution < -0.4 is 4.74 Å². The van der Waals surface area contributed by atoms with Gasteiger partial charge in [-0.25, -0.2) is 0 Å². The number of halogens is 1. The first-order chi connectivity index (χ1) is 8.38. The van der Waals surface area contributed by atoms with Gasteiger partial charge in [-0.15, -0.1) is 0 Å². The van der Waals surface area contributed by atoms with Gasteiger partial charge in [-0.05, 0) is 31.0 Å². The molecule has 4 heteroatoms. The molecule has 0 spiro atoms. The van der Waals surface area contributed by atoms with Crippen LogP contribution in [0.25, 0.3) is 0 Å². The SMILES string of the molecule is COc1cc(Br)ccc1C(=O)N(C)C(C)C(C)C. The topological polar surface area (TPSA) is 29.5 Å². The Labute approximate surface area is 117 Å². The Bertz CT molecular complexity index is 432. The third-order valence-corrected chi connectivity index (χ3v) is 3.78. The molecule has 0 fully saturated rings. The van der Waals surface area contributed by atoms with E-state index < -0.39 is 0 Å². The Kier molecular flexibility index (Phi) is 5.20. The molecular weight excluding hydrogens is 294 g/mol. The summed E-state index contributed by atoms with van der Waals surface area (Å²) in [5.74, 6) is 0.998. The second kappa shape index (κ2) is 6.23. The summed E-state index contributed by atoms with van der Waals surface area (Å²) in [6, 6.07) is 5.63. The van der Waals surface area contributed by atoms with Crippen molar-refractivity contribution in [1.82, 2.24) is 4.90 Å². The number of amides is 1. The van der Waals surface area contributed by atoms with Gasteiger partial charge < -0.3 is 9.64 Å². The lowest BCUT2D eigenvalue weighted by Crippen LogP contribution is -2.38. The fourth-order valence-electron chi connectivity index (χ4n) is 1.66. The fraction of sp³-hybridized carbons (Fsp3) is 0.500. The number of rotatable bonds is 4. The molecule has 18 heavy (non-hydrogen) atoms. The zero-order valence-corrected chi connectivity index (χ0v) is 13.1. The number of nitrogens with zero attached hydrogens (tertiary/aromatic N) is 1. The lowest BCUT2D eigenvalue weighted by atomic mass is 10.0. The maximum atomic E-state index is 12.4. The van der Waals surface area contributed by atoms with Crippen molar-refractivity contribution in [1.29, 1.82) is 0 Å². The maximum Gasteiger partial charge on any atom is 0.257 e. The third-order valence-electron chi connectivity index (χ3n) is 3.29. The average molecular weight is 314 g/mol. The first-order valence-electron chi connectivity index (χ1n) is 5.99.